The molecule has 0 heterocycles. The Balaban J connectivity index is 1.95. The third-order valence-corrected chi connectivity index (χ3v) is 4.38. The average molecular weight is 359 g/mol. The average Bonchev–Trinajstić information content (AvgIpc) is 2.59. The molecule has 0 radical (unpaired) electrons. The molecule has 25 heavy (non-hydrogen) atoms. The van der Waals surface area contributed by atoms with Crippen molar-refractivity contribution >= 4 is 40.0 Å². The molecule has 0 aliphatic heterocycles. The highest BCUT2D eigenvalue weighted by Gasteiger charge is 2.18. The molecule has 130 valence electrons. The van der Waals surface area contributed by atoms with Crippen LogP contribution in [0.2, 0.25) is 0 Å². The molecule has 7 nitrogen and oxygen atoms in total. The number of amides is 2. The number of para-hydroxylation sites is 3. The van der Waals surface area contributed by atoms with Crippen molar-refractivity contribution < 1.29 is 14.5 Å². The van der Waals surface area contributed by atoms with E-state index in [1.165, 1.54) is 23.1 Å². The molecule has 0 aliphatic carbocycles. The topological polar surface area (TPSA) is 92.6 Å². The van der Waals surface area contributed by atoms with Gasteiger partial charge in [0.1, 0.15) is 5.69 Å². The first-order chi connectivity index (χ1) is 11.9. The van der Waals surface area contributed by atoms with Gasteiger partial charge in [0.15, 0.2) is 0 Å². The number of hydrogen-bond donors (Lipinski definition) is 1. The van der Waals surface area contributed by atoms with Crippen molar-refractivity contribution in [1.82, 2.24) is 0 Å². The van der Waals surface area contributed by atoms with Crippen molar-refractivity contribution in [2.24, 2.45) is 0 Å². The number of carbonyl (C=O) groups excluding carboxylic acids is 2. The minimum Gasteiger partial charge on any atom is -0.320 e. The number of nitrogens with zero attached hydrogens (tertiary/aromatic N) is 2. The Bertz CT molecular complexity index is 810. The molecule has 2 rings (SSSR count). The molecule has 0 aliphatic rings. The molecule has 2 amide bonds. The van der Waals surface area contributed by atoms with Gasteiger partial charge in [-0.3, -0.25) is 19.7 Å². The van der Waals surface area contributed by atoms with Crippen molar-refractivity contribution in [2.45, 2.75) is 6.92 Å². The largest absolute Gasteiger partial charge is 0.320 e. The van der Waals surface area contributed by atoms with Crippen LogP contribution in [0, 0.1) is 17.0 Å². The van der Waals surface area contributed by atoms with E-state index in [1.54, 1.807) is 13.1 Å². The number of nitro benzene ring substituents is 1. The molecule has 0 unspecified atom stereocenters. The van der Waals surface area contributed by atoms with Crippen LogP contribution in [0.3, 0.4) is 0 Å². The molecule has 0 bridgehead atoms. The van der Waals surface area contributed by atoms with Crippen LogP contribution in [0.5, 0.6) is 0 Å². The summed E-state index contributed by atoms with van der Waals surface area (Å²) in [7, 11) is 1.64. The second-order valence-electron chi connectivity index (χ2n) is 5.22. The maximum absolute atomic E-state index is 12.2. The van der Waals surface area contributed by atoms with Crippen LogP contribution >= 0.6 is 11.8 Å². The van der Waals surface area contributed by atoms with Crippen LogP contribution < -0.4 is 10.2 Å². The highest BCUT2D eigenvalue weighted by molar-refractivity contribution is 8.14. The van der Waals surface area contributed by atoms with Crippen LogP contribution in [0.15, 0.2) is 48.5 Å². The third kappa shape index (κ3) is 4.80. The smallest absolute Gasteiger partial charge is 0.292 e. The van der Waals surface area contributed by atoms with E-state index in [4.69, 9.17) is 0 Å². The quantitative estimate of drug-likeness (QED) is 0.647. The lowest BCUT2D eigenvalue weighted by Gasteiger charge is -2.18. The number of aryl methyl sites for hydroxylation is 1. The first-order valence-electron chi connectivity index (χ1n) is 7.39. The van der Waals surface area contributed by atoms with Gasteiger partial charge in [-0.1, -0.05) is 42.1 Å². The summed E-state index contributed by atoms with van der Waals surface area (Å²) in [6.07, 6.45) is 0. The van der Waals surface area contributed by atoms with E-state index in [0.29, 0.717) is 0 Å². The fourth-order valence-corrected chi connectivity index (χ4v) is 2.81. The monoisotopic (exact) mass is 359 g/mol. The maximum Gasteiger partial charge on any atom is 0.292 e. The summed E-state index contributed by atoms with van der Waals surface area (Å²) in [5.41, 5.74) is 1.63. The Labute approximate surface area is 149 Å². The zero-order chi connectivity index (χ0) is 18.4. The van der Waals surface area contributed by atoms with Gasteiger partial charge < -0.3 is 10.2 Å². The van der Waals surface area contributed by atoms with Gasteiger partial charge in [-0.05, 0) is 24.6 Å². The lowest BCUT2D eigenvalue weighted by atomic mass is 10.2. The minimum atomic E-state index is -0.570. The Hall–Kier alpha value is -2.87. The van der Waals surface area contributed by atoms with E-state index in [2.05, 4.69) is 5.32 Å². The van der Waals surface area contributed by atoms with Crippen LogP contribution in [0.25, 0.3) is 0 Å². The Morgan fingerprint density at radius 3 is 2.48 bits per heavy atom. The SMILES string of the molecule is Cc1ccccc1N(C)C(=O)SCC(=O)Nc1ccccc1[N+](=O)[O-]. The van der Waals surface area contributed by atoms with Gasteiger partial charge in [-0.25, -0.2) is 0 Å². The predicted octanol–water partition coefficient (Wildman–Crippen LogP) is 3.83. The van der Waals surface area contributed by atoms with E-state index in [9.17, 15) is 19.7 Å². The molecule has 0 saturated carbocycles. The van der Waals surface area contributed by atoms with Crippen LogP contribution in [-0.4, -0.2) is 28.9 Å². The third-order valence-electron chi connectivity index (χ3n) is 3.45. The molecule has 0 saturated heterocycles. The van der Waals surface area contributed by atoms with E-state index in [-0.39, 0.29) is 22.4 Å². The van der Waals surface area contributed by atoms with Gasteiger partial charge in [0.2, 0.25) is 5.91 Å². The summed E-state index contributed by atoms with van der Waals surface area (Å²) < 4.78 is 0. The highest BCUT2D eigenvalue weighted by Crippen LogP contribution is 2.24. The summed E-state index contributed by atoms with van der Waals surface area (Å²) in [6.45, 7) is 1.89. The molecular formula is C17H17N3O4S. The van der Waals surface area contributed by atoms with Gasteiger partial charge in [-0.2, -0.15) is 0 Å². The molecule has 0 fully saturated rings. The summed E-state index contributed by atoms with van der Waals surface area (Å²) in [6, 6.07) is 13.3. The lowest BCUT2D eigenvalue weighted by Crippen LogP contribution is -2.25. The fourth-order valence-electron chi connectivity index (χ4n) is 2.19. The number of rotatable bonds is 5. The Morgan fingerprint density at radius 1 is 1.16 bits per heavy atom. The predicted molar refractivity (Wildman–Crippen MR) is 99.2 cm³/mol. The van der Waals surface area contributed by atoms with Crippen molar-refractivity contribution in [3.05, 3.63) is 64.2 Å². The summed E-state index contributed by atoms with van der Waals surface area (Å²) in [4.78, 5) is 36.1. The number of anilines is 2. The molecule has 8 heteroatoms. The van der Waals surface area contributed by atoms with Crippen LogP contribution in [-0.2, 0) is 4.79 Å². The number of hydrogen-bond acceptors (Lipinski definition) is 5. The second-order valence-corrected chi connectivity index (χ2v) is 6.15. The Kier molecular flexibility index (Phi) is 6.13. The van der Waals surface area contributed by atoms with Gasteiger partial charge in [0.05, 0.1) is 10.7 Å². The number of thioether (sulfide) groups is 1. The molecule has 2 aromatic rings. The van der Waals surface area contributed by atoms with Crippen molar-refractivity contribution in [2.75, 3.05) is 23.0 Å². The van der Waals surface area contributed by atoms with Crippen LogP contribution in [0.4, 0.5) is 21.9 Å². The summed E-state index contributed by atoms with van der Waals surface area (Å²) in [5, 5.41) is 13.1. The summed E-state index contributed by atoms with van der Waals surface area (Å²) in [5.74, 6) is -0.619. The van der Waals surface area contributed by atoms with E-state index in [1.807, 2.05) is 31.2 Å². The van der Waals surface area contributed by atoms with Gasteiger partial charge in [0.25, 0.3) is 10.9 Å². The standard InChI is InChI=1S/C17H17N3O4S/c1-12-7-3-5-9-14(12)19(2)17(22)25-11-16(21)18-13-8-4-6-10-15(13)20(23)24/h3-10H,11H2,1-2H3,(H,18,21). The molecular weight excluding hydrogens is 342 g/mol. The lowest BCUT2D eigenvalue weighted by molar-refractivity contribution is -0.383. The van der Waals surface area contributed by atoms with Crippen molar-refractivity contribution in [1.29, 1.82) is 0 Å². The normalized spacial score (nSPS) is 10.2. The zero-order valence-electron chi connectivity index (χ0n) is 13.8. The van der Waals surface area contributed by atoms with Crippen molar-refractivity contribution in [3.8, 4) is 0 Å². The van der Waals surface area contributed by atoms with Gasteiger partial charge >= 0.3 is 0 Å². The first kappa shape index (κ1) is 18.5. The van der Waals surface area contributed by atoms with E-state index < -0.39 is 10.8 Å². The number of nitro groups is 1. The Morgan fingerprint density at radius 2 is 1.80 bits per heavy atom. The first-order valence-corrected chi connectivity index (χ1v) is 8.38. The fraction of sp³-hybridized carbons (Fsp3) is 0.176. The van der Waals surface area contributed by atoms with Crippen LogP contribution in [0.1, 0.15) is 5.56 Å². The number of benzene rings is 2. The second kappa shape index (κ2) is 8.29. The zero-order valence-corrected chi connectivity index (χ0v) is 14.6. The molecule has 0 spiro atoms. The molecule has 1 N–H and O–H groups in total. The molecule has 0 atom stereocenters. The van der Waals surface area contributed by atoms with Gasteiger partial charge in [0, 0.05) is 18.8 Å². The van der Waals surface area contributed by atoms with E-state index in [0.717, 1.165) is 23.0 Å². The van der Waals surface area contributed by atoms with Gasteiger partial charge in [-0.15, -0.1) is 0 Å². The molecule has 0 aromatic heterocycles. The number of carbonyl (C=O) groups is 2. The minimum absolute atomic E-state index is 0.109. The van der Waals surface area contributed by atoms with E-state index >= 15 is 0 Å². The summed E-state index contributed by atoms with van der Waals surface area (Å²) >= 11 is 0.835. The maximum atomic E-state index is 12.2. The highest BCUT2D eigenvalue weighted by atomic mass is 32.2. The number of nitrogens with one attached hydrogen (secondary N) is 1. The molecule has 2 aromatic carbocycles. The van der Waals surface area contributed by atoms with Crippen molar-refractivity contribution in [3.63, 3.8) is 0 Å².